The van der Waals surface area contributed by atoms with E-state index in [1.165, 1.54) is 11.0 Å². The van der Waals surface area contributed by atoms with Crippen LogP contribution >= 0.6 is 0 Å². The Bertz CT molecular complexity index is 815. The Kier molecular flexibility index (Phi) is 4.86. The minimum absolute atomic E-state index is 0.236. The van der Waals surface area contributed by atoms with Gasteiger partial charge in [0, 0.05) is 6.54 Å². The number of aromatic nitrogens is 3. The molecule has 24 heavy (non-hydrogen) atoms. The molecule has 0 atom stereocenters. The molecule has 0 saturated heterocycles. The van der Waals surface area contributed by atoms with E-state index in [1.54, 1.807) is 7.11 Å². The third-order valence-corrected chi connectivity index (χ3v) is 3.55. The Hall–Kier alpha value is -3.15. The molecule has 0 aliphatic carbocycles. The Morgan fingerprint density at radius 2 is 2.00 bits per heavy atom. The molecule has 3 rings (SSSR count). The van der Waals surface area contributed by atoms with Crippen LogP contribution in [0, 0.1) is 0 Å². The Morgan fingerprint density at radius 3 is 2.79 bits per heavy atom. The lowest BCUT2D eigenvalue weighted by Crippen LogP contribution is -2.26. The highest BCUT2D eigenvalue weighted by molar-refractivity contribution is 5.91. The van der Waals surface area contributed by atoms with Gasteiger partial charge in [-0.2, -0.15) is 9.90 Å². The summed E-state index contributed by atoms with van der Waals surface area (Å²) < 4.78 is 5.19. The molecule has 3 aromatic rings. The summed E-state index contributed by atoms with van der Waals surface area (Å²) in [6.07, 6.45) is 2.18. The SMILES string of the molecule is COc1cccc(CCNC(=O)c2cnn(-c3ccccc3)n2)c1. The quantitative estimate of drug-likeness (QED) is 0.756. The first-order valence-corrected chi connectivity index (χ1v) is 7.65. The number of hydrogen-bond acceptors (Lipinski definition) is 4. The lowest BCUT2D eigenvalue weighted by molar-refractivity contribution is 0.0948. The molecule has 6 heteroatoms. The predicted octanol–water partition coefficient (Wildman–Crippen LogP) is 2.25. The van der Waals surface area contributed by atoms with Crippen molar-refractivity contribution in [1.82, 2.24) is 20.3 Å². The molecule has 2 aromatic carbocycles. The maximum absolute atomic E-state index is 12.2. The van der Waals surface area contributed by atoms with Gasteiger partial charge in [0.1, 0.15) is 5.75 Å². The Morgan fingerprint density at radius 1 is 1.17 bits per heavy atom. The zero-order valence-electron chi connectivity index (χ0n) is 13.3. The Balaban J connectivity index is 1.56. The molecule has 0 aliphatic heterocycles. The molecule has 0 radical (unpaired) electrons. The largest absolute Gasteiger partial charge is 0.497 e. The highest BCUT2D eigenvalue weighted by atomic mass is 16.5. The van der Waals surface area contributed by atoms with Crippen molar-refractivity contribution in [3.05, 3.63) is 72.1 Å². The number of rotatable bonds is 6. The van der Waals surface area contributed by atoms with Gasteiger partial charge in [0.15, 0.2) is 5.69 Å². The van der Waals surface area contributed by atoms with Crippen LogP contribution in [0.25, 0.3) is 5.69 Å². The number of ether oxygens (including phenoxy) is 1. The maximum Gasteiger partial charge on any atom is 0.273 e. The molecule has 0 saturated carbocycles. The highest BCUT2D eigenvalue weighted by Gasteiger charge is 2.10. The van der Waals surface area contributed by atoms with Crippen LogP contribution in [0.5, 0.6) is 5.75 Å². The van der Waals surface area contributed by atoms with Crippen LogP contribution in [0.3, 0.4) is 0 Å². The molecule has 0 bridgehead atoms. The number of methoxy groups -OCH3 is 1. The zero-order valence-corrected chi connectivity index (χ0v) is 13.3. The third kappa shape index (κ3) is 3.78. The number of carbonyl (C=O) groups excluding carboxylic acids is 1. The summed E-state index contributed by atoms with van der Waals surface area (Å²) in [6, 6.07) is 17.2. The fourth-order valence-electron chi connectivity index (χ4n) is 2.29. The average Bonchev–Trinajstić information content (AvgIpc) is 3.13. The number of hydrogen-bond donors (Lipinski definition) is 1. The maximum atomic E-state index is 12.2. The molecule has 1 amide bonds. The van der Waals surface area contributed by atoms with Crippen molar-refractivity contribution in [2.75, 3.05) is 13.7 Å². The lowest BCUT2D eigenvalue weighted by Gasteiger charge is -2.05. The van der Waals surface area contributed by atoms with Crippen molar-refractivity contribution in [3.63, 3.8) is 0 Å². The summed E-state index contributed by atoms with van der Waals surface area (Å²) in [6.45, 7) is 0.518. The first kappa shape index (κ1) is 15.7. The average molecular weight is 322 g/mol. The van der Waals surface area contributed by atoms with Gasteiger partial charge < -0.3 is 10.1 Å². The van der Waals surface area contributed by atoms with E-state index in [9.17, 15) is 4.79 Å². The fourth-order valence-corrected chi connectivity index (χ4v) is 2.29. The smallest absolute Gasteiger partial charge is 0.273 e. The van der Waals surface area contributed by atoms with Gasteiger partial charge in [-0.25, -0.2) is 0 Å². The van der Waals surface area contributed by atoms with E-state index < -0.39 is 0 Å². The fraction of sp³-hybridized carbons (Fsp3) is 0.167. The third-order valence-electron chi connectivity index (χ3n) is 3.55. The van der Waals surface area contributed by atoms with E-state index in [0.717, 1.165) is 23.4 Å². The molecule has 0 fully saturated rings. The van der Waals surface area contributed by atoms with Gasteiger partial charge in [-0.3, -0.25) is 4.79 Å². The first-order chi connectivity index (χ1) is 11.8. The number of nitrogens with one attached hydrogen (secondary N) is 1. The summed E-state index contributed by atoms with van der Waals surface area (Å²) in [5.41, 5.74) is 2.21. The monoisotopic (exact) mass is 322 g/mol. The van der Waals surface area contributed by atoms with Crippen LogP contribution in [-0.2, 0) is 6.42 Å². The van der Waals surface area contributed by atoms with E-state index >= 15 is 0 Å². The molecule has 0 unspecified atom stereocenters. The van der Waals surface area contributed by atoms with E-state index in [1.807, 2.05) is 54.6 Å². The standard InChI is InChI=1S/C18H18N4O2/c1-24-16-9-5-6-14(12-16)10-11-19-18(23)17-13-20-22(21-17)15-7-3-2-4-8-15/h2-9,12-13H,10-11H2,1H3,(H,19,23). The van der Waals surface area contributed by atoms with Crippen LogP contribution in [0.2, 0.25) is 0 Å². The van der Waals surface area contributed by atoms with Crippen LogP contribution in [0.4, 0.5) is 0 Å². The van der Waals surface area contributed by atoms with Crippen LogP contribution in [-0.4, -0.2) is 34.6 Å². The molecule has 0 spiro atoms. The van der Waals surface area contributed by atoms with E-state index in [-0.39, 0.29) is 5.91 Å². The van der Waals surface area contributed by atoms with Crippen molar-refractivity contribution in [2.45, 2.75) is 6.42 Å². The topological polar surface area (TPSA) is 69.0 Å². The lowest BCUT2D eigenvalue weighted by atomic mass is 10.1. The Labute approximate surface area is 140 Å². The predicted molar refractivity (Wildman–Crippen MR) is 90.4 cm³/mol. The van der Waals surface area contributed by atoms with E-state index in [2.05, 4.69) is 15.5 Å². The van der Waals surface area contributed by atoms with Gasteiger partial charge in [0.2, 0.25) is 0 Å². The second-order valence-corrected chi connectivity index (χ2v) is 5.21. The molecular weight excluding hydrogens is 304 g/mol. The minimum atomic E-state index is -0.236. The van der Waals surface area contributed by atoms with Gasteiger partial charge in [0.25, 0.3) is 5.91 Å². The normalized spacial score (nSPS) is 10.4. The molecule has 1 N–H and O–H groups in total. The summed E-state index contributed by atoms with van der Waals surface area (Å²) in [4.78, 5) is 13.6. The summed E-state index contributed by atoms with van der Waals surface area (Å²) in [5.74, 6) is 0.574. The molecular formula is C18H18N4O2. The van der Waals surface area contributed by atoms with Crippen molar-refractivity contribution in [3.8, 4) is 11.4 Å². The molecule has 1 aromatic heterocycles. The summed E-state index contributed by atoms with van der Waals surface area (Å²) >= 11 is 0. The first-order valence-electron chi connectivity index (χ1n) is 7.65. The van der Waals surface area contributed by atoms with E-state index in [4.69, 9.17) is 4.74 Å². The number of benzene rings is 2. The second kappa shape index (κ2) is 7.41. The van der Waals surface area contributed by atoms with E-state index in [0.29, 0.717) is 12.2 Å². The zero-order chi connectivity index (χ0) is 16.8. The van der Waals surface area contributed by atoms with Crippen molar-refractivity contribution in [1.29, 1.82) is 0 Å². The molecule has 122 valence electrons. The molecule has 0 aliphatic rings. The van der Waals surface area contributed by atoms with Crippen LogP contribution in [0.15, 0.2) is 60.8 Å². The number of carbonyl (C=O) groups is 1. The van der Waals surface area contributed by atoms with Crippen molar-refractivity contribution in [2.24, 2.45) is 0 Å². The number of amides is 1. The minimum Gasteiger partial charge on any atom is -0.497 e. The van der Waals surface area contributed by atoms with Crippen LogP contribution in [0.1, 0.15) is 16.1 Å². The number of para-hydroxylation sites is 1. The van der Waals surface area contributed by atoms with Gasteiger partial charge in [-0.05, 0) is 36.2 Å². The van der Waals surface area contributed by atoms with Gasteiger partial charge >= 0.3 is 0 Å². The van der Waals surface area contributed by atoms with Crippen LogP contribution < -0.4 is 10.1 Å². The summed E-state index contributed by atoms with van der Waals surface area (Å²) in [5, 5.41) is 11.2. The highest BCUT2D eigenvalue weighted by Crippen LogP contribution is 2.12. The second-order valence-electron chi connectivity index (χ2n) is 5.21. The van der Waals surface area contributed by atoms with Gasteiger partial charge in [-0.15, -0.1) is 5.10 Å². The van der Waals surface area contributed by atoms with Crippen molar-refractivity contribution >= 4 is 5.91 Å². The molecule has 6 nitrogen and oxygen atoms in total. The van der Waals surface area contributed by atoms with Crippen molar-refractivity contribution < 1.29 is 9.53 Å². The summed E-state index contributed by atoms with van der Waals surface area (Å²) in [7, 11) is 1.64. The molecule has 1 heterocycles. The van der Waals surface area contributed by atoms with Gasteiger partial charge in [-0.1, -0.05) is 30.3 Å². The number of nitrogens with zero attached hydrogens (tertiary/aromatic N) is 3. The van der Waals surface area contributed by atoms with Gasteiger partial charge in [0.05, 0.1) is 19.0 Å².